The van der Waals surface area contributed by atoms with E-state index in [2.05, 4.69) is 10.4 Å². The second-order valence-corrected chi connectivity index (χ2v) is 3.72. The molecule has 0 aliphatic heterocycles. The summed E-state index contributed by atoms with van der Waals surface area (Å²) in [7, 11) is 0. The van der Waals surface area contributed by atoms with Gasteiger partial charge < -0.3 is 0 Å². The first-order valence-electron chi connectivity index (χ1n) is 4.92. The first-order valence-corrected chi connectivity index (χ1v) is 4.92. The monoisotopic (exact) mass is 213 g/mol. The zero-order valence-electron chi connectivity index (χ0n) is 8.16. The van der Waals surface area contributed by atoms with E-state index in [1.54, 1.807) is 6.20 Å². The van der Waals surface area contributed by atoms with Crippen LogP contribution in [0.4, 0.5) is 8.78 Å². The van der Waals surface area contributed by atoms with Crippen LogP contribution in [0.2, 0.25) is 0 Å². The average molecular weight is 213 g/mol. The lowest BCUT2D eigenvalue weighted by molar-refractivity contribution is 0.0845. The SMILES string of the molecule is NNC(C(F)F)C1CCc2cccnc21. The summed E-state index contributed by atoms with van der Waals surface area (Å²) in [5, 5.41) is 0. The minimum absolute atomic E-state index is 0.272. The van der Waals surface area contributed by atoms with Crippen LogP contribution in [0, 0.1) is 0 Å². The summed E-state index contributed by atoms with van der Waals surface area (Å²) in [6.07, 6.45) is 0.661. The first kappa shape index (κ1) is 10.4. The zero-order chi connectivity index (χ0) is 10.8. The highest BCUT2D eigenvalue weighted by atomic mass is 19.3. The second kappa shape index (κ2) is 4.20. The van der Waals surface area contributed by atoms with Gasteiger partial charge in [-0.3, -0.25) is 16.3 Å². The van der Waals surface area contributed by atoms with Crippen LogP contribution in [0.3, 0.4) is 0 Å². The number of aryl methyl sites for hydroxylation is 1. The number of nitrogens with zero attached hydrogens (tertiary/aromatic N) is 1. The van der Waals surface area contributed by atoms with Crippen molar-refractivity contribution in [3.05, 3.63) is 29.6 Å². The molecule has 1 aromatic heterocycles. The number of rotatable bonds is 3. The van der Waals surface area contributed by atoms with E-state index < -0.39 is 12.5 Å². The standard InChI is InChI=1S/C10H13F2N3/c11-10(12)9(15-13)7-4-3-6-2-1-5-14-8(6)7/h1-2,5,7,9-10,15H,3-4,13H2. The molecule has 3 nitrogen and oxygen atoms in total. The number of hydrogen-bond donors (Lipinski definition) is 2. The molecular formula is C10H13F2N3. The molecule has 5 heteroatoms. The van der Waals surface area contributed by atoms with Gasteiger partial charge in [-0.15, -0.1) is 0 Å². The number of pyridine rings is 1. The van der Waals surface area contributed by atoms with Crippen LogP contribution < -0.4 is 11.3 Å². The Morgan fingerprint density at radius 2 is 2.33 bits per heavy atom. The summed E-state index contributed by atoms with van der Waals surface area (Å²) in [6.45, 7) is 0. The summed E-state index contributed by atoms with van der Waals surface area (Å²) >= 11 is 0. The van der Waals surface area contributed by atoms with Gasteiger partial charge in [0.1, 0.15) is 0 Å². The largest absolute Gasteiger partial charge is 0.271 e. The highest BCUT2D eigenvalue weighted by Crippen LogP contribution is 2.35. The van der Waals surface area contributed by atoms with Crippen molar-refractivity contribution in [1.29, 1.82) is 0 Å². The van der Waals surface area contributed by atoms with Crippen molar-refractivity contribution < 1.29 is 8.78 Å². The maximum Gasteiger partial charge on any atom is 0.255 e. The van der Waals surface area contributed by atoms with E-state index in [-0.39, 0.29) is 5.92 Å². The minimum atomic E-state index is -2.46. The van der Waals surface area contributed by atoms with Gasteiger partial charge in [-0.05, 0) is 24.5 Å². The highest BCUT2D eigenvalue weighted by Gasteiger charge is 2.35. The molecule has 2 unspecified atom stereocenters. The fourth-order valence-electron chi connectivity index (χ4n) is 2.16. The predicted octanol–water partition coefficient (Wildman–Crippen LogP) is 1.21. The second-order valence-electron chi connectivity index (χ2n) is 3.72. The molecule has 82 valence electrons. The van der Waals surface area contributed by atoms with Crippen molar-refractivity contribution in [3.63, 3.8) is 0 Å². The van der Waals surface area contributed by atoms with Gasteiger partial charge in [0.2, 0.25) is 0 Å². The summed E-state index contributed by atoms with van der Waals surface area (Å²) < 4.78 is 25.4. The van der Waals surface area contributed by atoms with Gasteiger partial charge in [0.15, 0.2) is 0 Å². The topological polar surface area (TPSA) is 50.9 Å². The van der Waals surface area contributed by atoms with Gasteiger partial charge in [-0.25, -0.2) is 8.78 Å². The van der Waals surface area contributed by atoms with E-state index in [4.69, 9.17) is 5.84 Å². The molecule has 0 fully saturated rings. The molecule has 0 aromatic carbocycles. The van der Waals surface area contributed by atoms with E-state index in [1.165, 1.54) is 0 Å². The Kier molecular flexibility index (Phi) is 2.93. The smallest absolute Gasteiger partial charge is 0.255 e. The predicted molar refractivity (Wildman–Crippen MR) is 52.4 cm³/mol. The number of hydrogen-bond acceptors (Lipinski definition) is 3. The number of nitrogens with two attached hydrogens (primary N) is 1. The van der Waals surface area contributed by atoms with Gasteiger partial charge in [0.25, 0.3) is 6.43 Å². The fourth-order valence-corrected chi connectivity index (χ4v) is 2.16. The van der Waals surface area contributed by atoms with Crippen LogP contribution in [0.15, 0.2) is 18.3 Å². The van der Waals surface area contributed by atoms with Crippen molar-refractivity contribution in [2.24, 2.45) is 5.84 Å². The number of aromatic nitrogens is 1. The Morgan fingerprint density at radius 1 is 1.53 bits per heavy atom. The van der Waals surface area contributed by atoms with E-state index in [0.29, 0.717) is 6.42 Å². The lowest BCUT2D eigenvalue weighted by atomic mass is 9.98. The third-order valence-corrected chi connectivity index (χ3v) is 2.90. The number of fused-ring (bicyclic) bond motifs is 1. The fraction of sp³-hybridized carbons (Fsp3) is 0.500. The van der Waals surface area contributed by atoms with Gasteiger partial charge in [-0.2, -0.15) is 0 Å². The molecular weight excluding hydrogens is 200 g/mol. The van der Waals surface area contributed by atoms with Gasteiger partial charge in [0.05, 0.1) is 6.04 Å². The number of nitrogens with one attached hydrogen (secondary N) is 1. The molecule has 0 amide bonds. The normalized spacial score (nSPS) is 21.7. The molecule has 15 heavy (non-hydrogen) atoms. The van der Waals surface area contributed by atoms with Crippen LogP contribution in [-0.2, 0) is 6.42 Å². The van der Waals surface area contributed by atoms with Crippen molar-refractivity contribution in [1.82, 2.24) is 10.4 Å². The van der Waals surface area contributed by atoms with E-state index in [1.807, 2.05) is 12.1 Å². The van der Waals surface area contributed by atoms with Gasteiger partial charge in [-0.1, -0.05) is 6.07 Å². The molecule has 1 aromatic rings. The zero-order valence-corrected chi connectivity index (χ0v) is 8.16. The summed E-state index contributed by atoms with van der Waals surface area (Å²) in [5.41, 5.74) is 4.02. The lowest BCUT2D eigenvalue weighted by Crippen LogP contribution is -2.44. The van der Waals surface area contributed by atoms with Gasteiger partial charge in [0, 0.05) is 17.8 Å². The Bertz CT molecular complexity index is 343. The number of hydrazine groups is 1. The van der Waals surface area contributed by atoms with Crippen LogP contribution in [-0.4, -0.2) is 17.5 Å². The molecule has 1 heterocycles. The van der Waals surface area contributed by atoms with Crippen molar-refractivity contribution in [2.75, 3.05) is 0 Å². The molecule has 2 atom stereocenters. The maximum atomic E-state index is 12.7. The number of halogens is 2. The molecule has 3 N–H and O–H groups in total. The van der Waals surface area contributed by atoms with E-state index in [9.17, 15) is 8.78 Å². The average Bonchev–Trinajstić information content (AvgIpc) is 2.63. The molecule has 0 saturated carbocycles. The Hall–Kier alpha value is -1.07. The Balaban J connectivity index is 2.26. The molecule has 1 aliphatic rings. The van der Waals surface area contributed by atoms with Crippen molar-refractivity contribution >= 4 is 0 Å². The molecule has 0 bridgehead atoms. The summed E-state index contributed by atoms with van der Waals surface area (Å²) in [5.74, 6) is 4.88. The summed E-state index contributed by atoms with van der Waals surface area (Å²) in [4.78, 5) is 4.16. The number of alkyl halides is 2. The van der Waals surface area contributed by atoms with Crippen molar-refractivity contribution in [3.8, 4) is 0 Å². The third-order valence-electron chi connectivity index (χ3n) is 2.90. The van der Waals surface area contributed by atoms with E-state index >= 15 is 0 Å². The van der Waals surface area contributed by atoms with Crippen molar-refractivity contribution in [2.45, 2.75) is 31.2 Å². The minimum Gasteiger partial charge on any atom is -0.271 e. The first-order chi connectivity index (χ1) is 7.24. The molecule has 2 rings (SSSR count). The van der Waals surface area contributed by atoms with Crippen LogP contribution in [0.1, 0.15) is 23.6 Å². The molecule has 1 aliphatic carbocycles. The summed E-state index contributed by atoms with van der Waals surface area (Å²) in [6, 6.07) is 2.76. The van der Waals surface area contributed by atoms with Crippen LogP contribution in [0.5, 0.6) is 0 Å². The Morgan fingerprint density at radius 3 is 3.00 bits per heavy atom. The van der Waals surface area contributed by atoms with Crippen LogP contribution in [0.25, 0.3) is 0 Å². The van der Waals surface area contributed by atoms with Crippen LogP contribution >= 0.6 is 0 Å². The lowest BCUT2D eigenvalue weighted by Gasteiger charge is -2.21. The quantitative estimate of drug-likeness (QED) is 0.586. The molecule has 0 spiro atoms. The molecule has 0 radical (unpaired) electrons. The highest BCUT2D eigenvalue weighted by molar-refractivity contribution is 5.30. The third kappa shape index (κ3) is 1.85. The van der Waals surface area contributed by atoms with E-state index in [0.717, 1.165) is 17.7 Å². The Labute approximate surface area is 86.7 Å². The van der Waals surface area contributed by atoms with Gasteiger partial charge >= 0.3 is 0 Å². The maximum absolute atomic E-state index is 12.7. The molecule has 0 saturated heterocycles.